The number of amides is 1. The number of hydrogen-bond acceptors (Lipinski definition) is 7. The van der Waals surface area contributed by atoms with Crippen LogP contribution >= 0.6 is 11.3 Å². The van der Waals surface area contributed by atoms with E-state index in [4.69, 9.17) is 4.42 Å². The zero-order valence-electron chi connectivity index (χ0n) is 16.0. The Morgan fingerprint density at radius 1 is 1.21 bits per heavy atom. The minimum atomic E-state index is -0.655. The number of aryl methyl sites for hydroxylation is 1. The standard InChI is InChI=1S/C19H22N4O4S/c1-4-21(5-2)10-11-22(18(24)15-8-9-17(27-15)23(25)26)19-20-14-7-6-13(3)12-16(14)28-19/h6-9,12H,4-5,10-11H2,1-3H3. The first-order valence-corrected chi connectivity index (χ1v) is 9.90. The number of thiazole rings is 1. The number of furan rings is 1. The minimum Gasteiger partial charge on any atom is -0.395 e. The van der Waals surface area contributed by atoms with Gasteiger partial charge in [0.15, 0.2) is 10.9 Å². The third-order valence-electron chi connectivity index (χ3n) is 4.53. The molecule has 0 aliphatic rings. The zero-order chi connectivity index (χ0) is 20.3. The lowest BCUT2D eigenvalue weighted by Gasteiger charge is -2.23. The lowest BCUT2D eigenvalue weighted by Crippen LogP contribution is -2.38. The molecule has 0 N–H and O–H groups in total. The molecule has 0 unspecified atom stereocenters. The van der Waals surface area contributed by atoms with Gasteiger partial charge in [-0.3, -0.25) is 19.8 Å². The first-order valence-electron chi connectivity index (χ1n) is 9.08. The Balaban J connectivity index is 1.94. The van der Waals surface area contributed by atoms with Crippen LogP contribution in [0.1, 0.15) is 30.0 Å². The second kappa shape index (κ2) is 8.49. The molecule has 0 atom stereocenters. The fourth-order valence-corrected chi connectivity index (χ4v) is 3.96. The maximum Gasteiger partial charge on any atom is 0.433 e. The predicted octanol–water partition coefficient (Wildman–Crippen LogP) is 4.09. The molecule has 3 aromatic rings. The molecular weight excluding hydrogens is 380 g/mol. The van der Waals surface area contributed by atoms with Crippen molar-refractivity contribution in [3.8, 4) is 0 Å². The molecule has 0 aliphatic carbocycles. The Kier molecular flexibility index (Phi) is 6.05. The first kappa shape index (κ1) is 20.0. The van der Waals surface area contributed by atoms with Crippen molar-refractivity contribution in [2.75, 3.05) is 31.1 Å². The molecule has 0 fully saturated rings. The molecule has 2 heterocycles. The van der Waals surface area contributed by atoms with Crippen LogP contribution in [0.3, 0.4) is 0 Å². The number of benzene rings is 1. The number of carbonyl (C=O) groups is 1. The molecule has 0 saturated carbocycles. The van der Waals surface area contributed by atoms with Crippen LogP contribution < -0.4 is 4.90 Å². The van der Waals surface area contributed by atoms with Gasteiger partial charge in [0, 0.05) is 13.1 Å². The molecule has 148 valence electrons. The summed E-state index contributed by atoms with van der Waals surface area (Å²) < 4.78 is 6.12. The van der Waals surface area contributed by atoms with E-state index in [1.54, 1.807) is 4.90 Å². The van der Waals surface area contributed by atoms with Gasteiger partial charge in [-0.2, -0.15) is 0 Å². The molecule has 1 amide bonds. The second-order valence-corrected chi connectivity index (χ2v) is 7.36. The Morgan fingerprint density at radius 2 is 1.96 bits per heavy atom. The molecule has 9 heteroatoms. The number of anilines is 1. The van der Waals surface area contributed by atoms with Crippen LogP contribution in [0.25, 0.3) is 10.2 Å². The van der Waals surface area contributed by atoms with Gasteiger partial charge in [-0.1, -0.05) is 31.3 Å². The molecule has 0 radical (unpaired) electrons. The van der Waals surface area contributed by atoms with Gasteiger partial charge < -0.3 is 9.32 Å². The molecule has 1 aromatic carbocycles. The number of likely N-dealkylation sites (N-methyl/N-ethyl adjacent to an activating group) is 1. The summed E-state index contributed by atoms with van der Waals surface area (Å²) in [4.78, 5) is 31.6. The van der Waals surface area contributed by atoms with Crippen LogP contribution in [0, 0.1) is 17.0 Å². The average molecular weight is 402 g/mol. The first-order chi connectivity index (χ1) is 13.4. The van der Waals surface area contributed by atoms with E-state index in [0.717, 1.165) is 28.9 Å². The van der Waals surface area contributed by atoms with Gasteiger partial charge in [-0.15, -0.1) is 0 Å². The summed E-state index contributed by atoms with van der Waals surface area (Å²) in [6.45, 7) is 8.93. The SMILES string of the molecule is CCN(CC)CCN(C(=O)c1ccc([N+](=O)[O-])o1)c1nc2ccc(C)cc2s1. The number of hydrogen-bond donors (Lipinski definition) is 0. The molecule has 0 saturated heterocycles. The van der Waals surface area contributed by atoms with Gasteiger partial charge in [0.2, 0.25) is 0 Å². The molecule has 28 heavy (non-hydrogen) atoms. The number of aromatic nitrogens is 1. The van der Waals surface area contributed by atoms with Crippen molar-refractivity contribution in [3.63, 3.8) is 0 Å². The molecule has 3 rings (SSSR count). The average Bonchev–Trinajstić information content (AvgIpc) is 3.31. The second-order valence-electron chi connectivity index (χ2n) is 6.35. The maximum atomic E-state index is 13.1. The van der Waals surface area contributed by atoms with Crippen molar-refractivity contribution in [2.45, 2.75) is 20.8 Å². The minimum absolute atomic E-state index is 0.0679. The summed E-state index contributed by atoms with van der Waals surface area (Å²) in [5.74, 6) is -0.954. The normalized spacial score (nSPS) is 11.3. The van der Waals surface area contributed by atoms with Crippen molar-refractivity contribution < 1.29 is 14.1 Å². The van der Waals surface area contributed by atoms with E-state index in [-0.39, 0.29) is 5.76 Å². The molecule has 0 spiro atoms. The van der Waals surface area contributed by atoms with E-state index in [2.05, 4.69) is 23.7 Å². The fraction of sp³-hybridized carbons (Fsp3) is 0.368. The summed E-state index contributed by atoms with van der Waals surface area (Å²) in [5.41, 5.74) is 1.93. The van der Waals surface area contributed by atoms with E-state index >= 15 is 0 Å². The largest absolute Gasteiger partial charge is 0.433 e. The van der Waals surface area contributed by atoms with Crippen LogP contribution in [0.4, 0.5) is 11.0 Å². The number of carbonyl (C=O) groups excluding carboxylic acids is 1. The lowest BCUT2D eigenvalue weighted by molar-refractivity contribution is -0.402. The smallest absolute Gasteiger partial charge is 0.395 e. The van der Waals surface area contributed by atoms with E-state index in [0.29, 0.717) is 18.2 Å². The van der Waals surface area contributed by atoms with Gasteiger partial charge in [0.05, 0.1) is 16.3 Å². The summed E-state index contributed by atoms with van der Waals surface area (Å²) in [6.07, 6.45) is 0. The van der Waals surface area contributed by atoms with Gasteiger partial charge >= 0.3 is 5.88 Å². The van der Waals surface area contributed by atoms with Crippen molar-refractivity contribution in [2.24, 2.45) is 0 Å². The predicted molar refractivity (Wildman–Crippen MR) is 109 cm³/mol. The zero-order valence-corrected chi connectivity index (χ0v) is 16.9. The Labute approximate surface area is 166 Å². The quantitative estimate of drug-likeness (QED) is 0.416. The highest BCUT2D eigenvalue weighted by Gasteiger charge is 2.26. The van der Waals surface area contributed by atoms with E-state index in [1.807, 2.05) is 25.1 Å². The van der Waals surface area contributed by atoms with Crippen LogP contribution in [-0.2, 0) is 0 Å². The maximum absolute atomic E-state index is 13.1. The molecule has 0 aliphatic heterocycles. The van der Waals surface area contributed by atoms with Gasteiger partial charge in [0.25, 0.3) is 5.91 Å². The monoisotopic (exact) mass is 402 g/mol. The molecular formula is C19H22N4O4S. The molecule has 0 bridgehead atoms. The number of rotatable bonds is 8. The van der Waals surface area contributed by atoms with Crippen LogP contribution in [-0.4, -0.2) is 46.9 Å². The molecule has 2 aromatic heterocycles. The van der Waals surface area contributed by atoms with Gasteiger partial charge in [-0.25, -0.2) is 4.98 Å². The third kappa shape index (κ3) is 4.20. The molecule has 8 nitrogen and oxygen atoms in total. The van der Waals surface area contributed by atoms with E-state index in [9.17, 15) is 14.9 Å². The topological polar surface area (TPSA) is 92.7 Å². The Hall–Kier alpha value is -2.78. The summed E-state index contributed by atoms with van der Waals surface area (Å²) in [7, 11) is 0. The highest BCUT2D eigenvalue weighted by Crippen LogP contribution is 2.31. The summed E-state index contributed by atoms with van der Waals surface area (Å²) >= 11 is 1.42. The third-order valence-corrected chi connectivity index (χ3v) is 5.57. The number of nitro groups is 1. The van der Waals surface area contributed by atoms with E-state index < -0.39 is 16.7 Å². The fourth-order valence-electron chi connectivity index (χ4n) is 2.87. The number of nitrogens with zero attached hydrogens (tertiary/aromatic N) is 4. The van der Waals surface area contributed by atoms with E-state index in [1.165, 1.54) is 23.5 Å². The summed E-state index contributed by atoms with van der Waals surface area (Å²) in [5, 5.41) is 11.4. The number of fused-ring (bicyclic) bond motifs is 1. The van der Waals surface area contributed by atoms with Gasteiger partial charge in [-0.05, 0) is 43.8 Å². The lowest BCUT2D eigenvalue weighted by atomic mass is 10.2. The van der Waals surface area contributed by atoms with Gasteiger partial charge in [0.1, 0.15) is 4.92 Å². The van der Waals surface area contributed by atoms with Crippen LogP contribution in [0.2, 0.25) is 0 Å². The highest BCUT2D eigenvalue weighted by atomic mass is 32.1. The van der Waals surface area contributed by atoms with Crippen molar-refractivity contribution in [1.29, 1.82) is 0 Å². The highest BCUT2D eigenvalue weighted by molar-refractivity contribution is 7.22. The Bertz CT molecular complexity index is 993. The Morgan fingerprint density at radius 3 is 2.61 bits per heavy atom. The summed E-state index contributed by atoms with van der Waals surface area (Å²) in [6, 6.07) is 8.46. The van der Waals surface area contributed by atoms with Crippen LogP contribution in [0.15, 0.2) is 34.7 Å². The van der Waals surface area contributed by atoms with Crippen molar-refractivity contribution in [3.05, 3.63) is 51.8 Å². The van der Waals surface area contributed by atoms with Crippen LogP contribution in [0.5, 0.6) is 0 Å². The van der Waals surface area contributed by atoms with Crippen molar-refractivity contribution in [1.82, 2.24) is 9.88 Å². The van der Waals surface area contributed by atoms with Crippen molar-refractivity contribution >= 4 is 38.5 Å².